The molecule has 0 radical (unpaired) electrons. The van der Waals surface area contributed by atoms with Crippen molar-refractivity contribution in [2.24, 2.45) is 5.92 Å². The minimum absolute atomic E-state index is 0.00505. The van der Waals surface area contributed by atoms with Crippen molar-refractivity contribution in [2.75, 3.05) is 11.0 Å². The minimum atomic E-state index is -3.99. The van der Waals surface area contributed by atoms with Crippen molar-refractivity contribution in [1.29, 1.82) is 0 Å². The smallest absolute Gasteiger partial charge is 0.293 e. The summed E-state index contributed by atoms with van der Waals surface area (Å²) in [5.74, 6) is -2.48. The van der Waals surface area contributed by atoms with Crippen LogP contribution in [-0.4, -0.2) is 65.8 Å². The molecule has 63 heavy (non-hydrogen) atoms. The predicted molar refractivity (Wildman–Crippen MR) is 222 cm³/mol. The molecular weight excluding hydrogens is 899 g/mol. The molecule has 3 aliphatic carbocycles. The number of halogens is 8. The molecule has 5 atom stereocenters. The average Bonchev–Trinajstić information content (AvgIpc) is 4.11. The van der Waals surface area contributed by atoms with Gasteiger partial charge < -0.3 is 5.32 Å². The average molecular weight is 938 g/mol. The van der Waals surface area contributed by atoms with Crippen LogP contribution >= 0.6 is 11.6 Å². The Kier molecular flexibility index (Phi) is 11.5. The van der Waals surface area contributed by atoms with Gasteiger partial charge in [-0.05, 0) is 94.2 Å². The highest BCUT2D eigenvalue weighted by Gasteiger charge is 2.67. The molecule has 11 nitrogen and oxygen atoms in total. The van der Waals surface area contributed by atoms with Gasteiger partial charge in [-0.15, -0.1) is 0 Å². The maximum Gasteiger partial charge on any atom is 0.293 e. The summed E-state index contributed by atoms with van der Waals surface area (Å²) in [6.45, 7) is 2.56. The number of amides is 1. The second-order valence-corrected chi connectivity index (χ2v) is 20.8. The van der Waals surface area contributed by atoms with Crippen LogP contribution in [0.4, 0.5) is 36.6 Å². The molecule has 2 saturated carbocycles. The number of sulfonamides is 1. The first-order valence-corrected chi connectivity index (χ1v) is 23.3. The lowest BCUT2D eigenvalue weighted by molar-refractivity contribution is -0.123. The molecule has 5 unspecified atom stereocenters. The Labute approximate surface area is 364 Å². The van der Waals surface area contributed by atoms with E-state index in [0.29, 0.717) is 18.9 Å². The Morgan fingerprint density at radius 2 is 1.71 bits per heavy atom. The van der Waals surface area contributed by atoms with Crippen molar-refractivity contribution in [2.45, 2.75) is 100 Å². The van der Waals surface area contributed by atoms with E-state index in [0.717, 1.165) is 28.4 Å². The fraction of sp³-hybridized carbons (Fsp3) is 0.429. The molecule has 5 aromatic rings. The summed E-state index contributed by atoms with van der Waals surface area (Å²) in [5.41, 5.74) is -0.582. The second-order valence-electron chi connectivity index (χ2n) is 16.5. The zero-order valence-corrected chi connectivity index (χ0v) is 36.3. The van der Waals surface area contributed by atoms with Gasteiger partial charge in [-0.25, -0.2) is 35.4 Å². The first kappa shape index (κ1) is 44.6. The molecule has 3 aromatic heterocycles. The van der Waals surface area contributed by atoms with Crippen LogP contribution in [0.15, 0.2) is 42.5 Å². The Morgan fingerprint density at radius 3 is 2.35 bits per heavy atom. The summed E-state index contributed by atoms with van der Waals surface area (Å²) in [6.07, 6.45) is -2.75. The highest BCUT2D eigenvalue weighted by molar-refractivity contribution is 7.93. The number of pyridine rings is 1. The normalized spacial score (nSPS) is 19.3. The van der Waals surface area contributed by atoms with Crippen LogP contribution in [0.3, 0.4) is 0 Å². The highest BCUT2D eigenvalue weighted by atomic mass is 35.5. The van der Waals surface area contributed by atoms with E-state index in [4.69, 9.17) is 16.6 Å². The summed E-state index contributed by atoms with van der Waals surface area (Å²) in [7, 11) is -5.43. The Bertz CT molecular complexity index is 2870. The molecule has 0 spiro atoms. The monoisotopic (exact) mass is 937 g/mol. The molecule has 2 fully saturated rings. The maximum atomic E-state index is 15.6. The predicted octanol–water partition coefficient (Wildman–Crippen LogP) is 8.24. The van der Waals surface area contributed by atoms with Crippen LogP contribution < -0.4 is 10.0 Å². The fourth-order valence-electron chi connectivity index (χ4n) is 8.02. The zero-order chi connectivity index (χ0) is 45.5. The maximum absolute atomic E-state index is 15.6. The molecule has 1 amide bonds. The van der Waals surface area contributed by atoms with E-state index >= 15 is 8.78 Å². The van der Waals surface area contributed by atoms with E-state index in [1.807, 2.05) is 0 Å². The van der Waals surface area contributed by atoms with Crippen molar-refractivity contribution in [3.63, 3.8) is 0 Å². The molecule has 8 rings (SSSR count). The largest absolute Gasteiger partial charge is 0.346 e. The molecular formula is C42H39ClF7N7O4S2. The number of hydrogen-bond donors (Lipinski definition) is 2. The number of anilines is 1. The number of rotatable bonds is 14. The van der Waals surface area contributed by atoms with E-state index in [1.165, 1.54) is 30.5 Å². The summed E-state index contributed by atoms with van der Waals surface area (Å²) in [4.78, 5) is 18.9. The van der Waals surface area contributed by atoms with Crippen molar-refractivity contribution in [1.82, 2.24) is 29.9 Å². The molecule has 3 heterocycles. The summed E-state index contributed by atoms with van der Waals surface area (Å²) < 4.78 is 146. The van der Waals surface area contributed by atoms with Crippen LogP contribution in [0.1, 0.15) is 92.1 Å². The molecule has 2 N–H and O–H groups in total. The molecule has 334 valence electrons. The Hall–Kier alpha value is -5.00. The third-order valence-corrected chi connectivity index (χ3v) is 15.1. The second kappa shape index (κ2) is 16.2. The van der Waals surface area contributed by atoms with Gasteiger partial charge in [0.15, 0.2) is 5.82 Å². The van der Waals surface area contributed by atoms with E-state index < -0.39 is 110 Å². The Balaban J connectivity index is 1.31. The number of carbonyl (C=O) groups is 1. The van der Waals surface area contributed by atoms with Crippen LogP contribution in [-0.2, 0) is 51.1 Å². The van der Waals surface area contributed by atoms with Crippen molar-refractivity contribution in [3.8, 4) is 23.0 Å². The van der Waals surface area contributed by atoms with E-state index in [2.05, 4.69) is 32.1 Å². The van der Waals surface area contributed by atoms with Gasteiger partial charge >= 0.3 is 0 Å². The lowest BCUT2D eigenvalue weighted by atomic mass is 9.93. The number of carbonyl (C=O) groups excluding carboxylic acids is 1. The SMILES string of the molecule is CC(F)c1nn(CC(=O)NC(Cc2cc(F)cc(F)c2)c2nc(C#CC(C)(C)S(C)=O)ccc2-c2ccc(Cl)c3c(NS(=O)(=O)C4CC4)nn(CC(F)F)c23)c2c1C1CC1C2(F)F. The van der Waals surface area contributed by atoms with E-state index in [1.54, 1.807) is 13.8 Å². The molecule has 0 aliphatic heterocycles. The van der Waals surface area contributed by atoms with Gasteiger partial charge in [0.1, 0.15) is 52.7 Å². The van der Waals surface area contributed by atoms with Gasteiger partial charge in [0.25, 0.3) is 12.3 Å². The molecule has 0 bridgehead atoms. The van der Waals surface area contributed by atoms with Crippen LogP contribution in [0, 0.1) is 29.4 Å². The van der Waals surface area contributed by atoms with Gasteiger partial charge in [-0.2, -0.15) is 19.0 Å². The Morgan fingerprint density at radius 1 is 1.03 bits per heavy atom. The molecule has 21 heteroatoms. The third kappa shape index (κ3) is 8.67. The summed E-state index contributed by atoms with van der Waals surface area (Å²) in [6, 6.07) is 6.98. The number of aromatic nitrogens is 5. The van der Waals surface area contributed by atoms with E-state index in [9.17, 15) is 39.4 Å². The number of alkyl halides is 5. The van der Waals surface area contributed by atoms with Gasteiger partial charge in [0, 0.05) is 45.7 Å². The van der Waals surface area contributed by atoms with Gasteiger partial charge in [0.05, 0.1) is 32.9 Å². The number of fused-ring (bicyclic) bond motifs is 4. The zero-order valence-electron chi connectivity index (χ0n) is 34.0. The quantitative estimate of drug-likeness (QED) is 0.0845. The van der Waals surface area contributed by atoms with Crippen LogP contribution in [0.5, 0.6) is 0 Å². The molecule has 2 aromatic carbocycles. The molecule has 0 saturated heterocycles. The van der Waals surface area contributed by atoms with Gasteiger partial charge in [-0.3, -0.25) is 23.1 Å². The number of nitrogens with one attached hydrogen (secondary N) is 2. The standard InChI is InChI=1S/C42H39ClF7N7O4S2/c1-20(44)36-34-28-17-29(28)42(49,50)39(34)57(53-36)19-33(58)52-31(15-21-13-22(45)16-23(46)14-21)37-26(8-5-24(51-37)11-12-41(2,3)62(4)59)27-9-10-30(43)35-38(27)56(18-32(47)48)54-40(35)55-63(60,61)25-6-7-25/h5,8-10,13-14,16,20,25,28-29,31-32H,6-7,15,17-19H2,1-4H3,(H,52,58)(H,54,55). The minimum Gasteiger partial charge on any atom is -0.346 e. The summed E-state index contributed by atoms with van der Waals surface area (Å²) >= 11 is 6.66. The lowest BCUT2D eigenvalue weighted by Crippen LogP contribution is -2.35. The van der Waals surface area contributed by atoms with Crippen molar-refractivity contribution < 1.29 is 48.2 Å². The first-order chi connectivity index (χ1) is 29.5. The molecule has 3 aliphatic rings. The van der Waals surface area contributed by atoms with Crippen molar-refractivity contribution in [3.05, 3.63) is 93.0 Å². The topological polar surface area (TPSA) is 141 Å². The lowest BCUT2D eigenvalue weighted by Gasteiger charge is -2.23. The number of benzene rings is 2. The van der Waals surface area contributed by atoms with E-state index in [-0.39, 0.29) is 67.5 Å². The first-order valence-electron chi connectivity index (χ1n) is 19.8. The number of nitrogens with zero attached hydrogens (tertiary/aromatic N) is 5. The van der Waals surface area contributed by atoms with Crippen molar-refractivity contribution >= 4 is 55.1 Å². The van der Waals surface area contributed by atoms with Gasteiger partial charge in [-0.1, -0.05) is 23.6 Å². The van der Waals surface area contributed by atoms with Crippen LogP contribution in [0.2, 0.25) is 5.02 Å². The van der Waals surface area contributed by atoms with Crippen LogP contribution in [0.25, 0.3) is 22.0 Å². The number of hydrogen-bond acceptors (Lipinski definition) is 7. The fourth-order valence-corrected chi connectivity index (χ4v) is 9.79. The van der Waals surface area contributed by atoms with Gasteiger partial charge in [0.2, 0.25) is 15.9 Å². The summed E-state index contributed by atoms with van der Waals surface area (Å²) in [5, 5.41) is 10.2. The third-order valence-electron chi connectivity index (χ3n) is 11.4. The highest BCUT2D eigenvalue weighted by Crippen LogP contribution is 2.68.